The highest BCUT2D eigenvalue weighted by atomic mass is 19.1. The number of halogens is 1. The summed E-state index contributed by atoms with van der Waals surface area (Å²) in [6, 6.07) is 2.73. The van der Waals surface area contributed by atoms with Gasteiger partial charge in [0.25, 0.3) is 5.95 Å². The van der Waals surface area contributed by atoms with Crippen molar-refractivity contribution in [1.29, 1.82) is 0 Å². The fourth-order valence-electron chi connectivity index (χ4n) is 1.16. The monoisotopic (exact) mass is 194 g/mol. The Bertz CT molecular complexity index is 487. The molecule has 2 aromatic rings. The van der Waals surface area contributed by atoms with E-state index in [0.717, 1.165) is 0 Å². The molecule has 2 aromatic heterocycles. The molecule has 2 rings (SSSR count). The molecule has 0 bridgehead atoms. The Kier molecular flexibility index (Phi) is 1.92. The molecule has 4 nitrogen and oxygen atoms in total. The molecule has 0 amide bonds. The van der Waals surface area contributed by atoms with Crippen molar-refractivity contribution >= 4 is 11.0 Å². The zero-order valence-electron chi connectivity index (χ0n) is 7.36. The molecule has 0 saturated heterocycles. The van der Waals surface area contributed by atoms with Crippen molar-refractivity contribution < 1.29 is 14.2 Å². The van der Waals surface area contributed by atoms with Gasteiger partial charge in [0.05, 0.1) is 12.6 Å². The molecule has 0 aromatic carbocycles. The molecular weight excluding hydrogens is 187 g/mol. The Morgan fingerprint density at radius 2 is 2.29 bits per heavy atom. The lowest BCUT2D eigenvalue weighted by molar-refractivity contribution is 0.379. The molecule has 0 saturated carbocycles. The van der Waals surface area contributed by atoms with Gasteiger partial charge < -0.3 is 9.84 Å². The average Bonchev–Trinajstić information content (AvgIpc) is 2.19. The van der Waals surface area contributed by atoms with Crippen molar-refractivity contribution in [2.24, 2.45) is 0 Å². The van der Waals surface area contributed by atoms with Crippen LogP contribution in [0.1, 0.15) is 0 Å². The Hall–Kier alpha value is -1.91. The average molecular weight is 194 g/mol. The van der Waals surface area contributed by atoms with E-state index in [-0.39, 0.29) is 17.0 Å². The van der Waals surface area contributed by atoms with Crippen molar-refractivity contribution in [2.75, 3.05) is 7.11 Å². The van der Waals surface area contributed by atoms with Crippen LogP contribution in [0, 0.1) is 5.95 Å². The van der Waals surface area contributed by atoms with Gasteiger partial charge >= 0.3 is 0 Å². The van der Waals surface area contributed by atoms with E-state index in [1.807, 2.05) is 0 Å². The zero-order valence-corrected chi connectivity index (χ0v) is 7.36. The molecule has 0 aliphatic carbocycles. The smallest absolute Gasteiger partial charge is 0.256 e. The summed E-state index contributed by atoms with van der Waals surface area (Å²) in [5.41, 5.74) is 0.522. The van der Waals surface area contributed by atoms with E-state index in [4.69, 9.17) is 4.74 Å². The van der Waals surface area contributed by atoms with Crippen molar-refractivity contribution in [1.82, 2.24) is 9.97 Å². The number of nitrogens with zero attached hydrogens (tertiary/aromatic N) is 2. The third-order valence-electron chi connectivity index (χ3n) is 1.83. The van der Waals surface area contributed by atoms with E-state index in [1.54, 1.807) is 0 Å². The van der Waals surface area contributed by atoms with Crippen LogP contribution >= 0.6 is 0 Å². The maximum absolute atomic E-state index is 13.1. The molecule has 0 atom stereocenters. The Morgan fingerprint density at radius 1 is 1.50 bits per heavy atom. The van der Waals surface area contributed by atoms with Gasteiger partial charge in [0.1, 0.15) is 11.3 Å². The van der Waals surface area contributed by atoms with Crippen LogP contribution < -0.4 is 4.74 Å². The Morgan fingerprint density at radius 3 is 3.00 bits per heavy atom. The number of pyridine rings is 2. The van der Waals surface area contributed by atoms with E-state index in [2.05, 4.69) is 9.97 Å². The molecule has 2 heterocycles. The number of rotatable bonds is 1. The van der Waals surface area contributed by atoms with Crippen LogP contribution in [0.2, 0.25) is 0 Å². The predicted octanol–water partition coefficient (Wildman–Crippen LogP) is 1.48. The SMILES string of the molecule is COc1cc2nccc(O)c2nc1F. The minimum Gasteiger partial charge on any atom is -0.506 e. The summed E-state index contributed by atoms with van der Waals surface area (Å²) in [5, 5.41) is 9.35. The summed E-state index contributed by atoms with van der Waals surface area (Å²) < 4.78 is 17.9. The number of hydrogen-bond donors (Lipinski definition) is 1. The fraction of sp³-hybridized carbons (Fsp3) is 0.111. The number of aromatic hydroxyl groups is 1. The topological polar surface area (TPSA) is 55.2 Å². The summed E-state index contributed by atoms with van der Waals surface area (Å²) in [6.45, 7) is 0. The summed E-state index contributed by atoms with van der Waals surface area (Å²) in [7, 11) is 1.34. The van der Waals surface area contributed by atoms with Gasteiger partial charge in [-0.05, 0) is 0 Å². The number of ether oxygens (including phenoxy) is 1. The van der Waals surface area contributed by atoms with Crippen molar-refractivity contribution in [2.45, 2.75) is 0 Å². The van der Waals surface area contributed by atoms with E-state index in [9.17, 15) is 9.50 Å². The first-order valence-corrected chi connectivity index (χ1v) is 3.90. The summed E-state index contributed by atoms with van der Waals surface area (Å²) in [5.74, 6) is -0.851. The van der Waals surface area contributed by atoms with E-state index >= 15 is 0 Å². The maximum Gasteiger partial charge on any atom is 0.256 e. The van der Waals surface area contributed by atoms with Gasteiger partial charge in [0, 0.05) is 18.3 Å². The van der Waals surface area contributed by atoms with Crippen LogP contribution in [0.3, 0.4) is 0 Å². The molecule has 0 unspecified atom stereocenters. The largest absolute Gasteiger partial charge is 0.506 e. The molecule has 1 N–H and O–H groups in total. The predicted molar refractivity (Wildman–Crippen MR) is 47.7 cm³/mol. The minimum atomic E-state index is -0.761. The van der Waals surface area contributed by atoms with Crippen LogP contribution in [0.25, 0.3) is 11.0 Å². The van der Waals surface area contributed by atoms with Gasteiger partial charge in [-0.2, -0.15) is 4.39 Å². The molecule has 5 heteroatoms. The first-order valence-electron chi connectivity index (χ1n) is 3.90. The standard InChI is InChI=1S/C9H7FN2O2/c1-14-7-4-5-8(12-9(7)10)6(13)2-3-11-5/h2-4H,1H3,(H,11,13). The molecular formula is C9H7FN2O2. The van der Waals surface area contributed by atoms with Gasteiger partial charge in [-0.3, -0.25) is 4.98 Å². The highest BCUT2D eigenvalue weighted by molar-refractivity contribution is 5.81. The van der Waals surface area contributed by atoms with Crippen LogP contribution in [0.4, 0.5) is 4.39 Å². The number of aromatic nitrogens is 2. The van der Waals surface area contributed by atoms with Crippen LogP contribution in [-0.2, 0) is 0 Å². The Labute approximate surface area is 79.0 Å². The second-order valence-electron chi connectivity index (χ2n) is 2.68. The number of methoxy groups -OCH3 is 1. The van der Waals surface area contributed by atoms with Crippen molar-refractivity contribution in [3.63, 3.8) is 0 Å². The second kappa shape index (κ2) is 3.10. The first kappa shape index (κ1) is 8.68. The van der Waals surface area contributed by atoms with E-state index in [0.29, 0.717) is 5.52 Å². The van der Waals surface area contributed by atoms with Gasteiger partial charge in [0.2, 0.25) is 0 Å². The number of fused-ring (bicyclic) bond motifs is 1. The molecule has 0 aliphatic heterocycles. The lowest BCUT2D eigenvalue weighted by atomic mass is 10.3. The van der Waals surface area contributed by atoms with Crippen LogP contribution in [-0.4, -0.2) is 22.2 Å². The number of hydrogen-bond acceptors (Lipinski definition) is 4. The lowest BCUT2D eigenvalue weighted by Crippen LogP contribution is -1.93. The second-order valence-corrected chi connectivity index (χ2v) is 2.68. The van der Waals surface area contributed by atoms with Gasteiger partial charge in [0.15, 0.2) is 5.75 Å². The Balaban J connectivity index is 2.79. The van der Waals surface area contributed by atoms with Crippen molar-refractivity contribution in [3.05, 3.63) is 24.3 Å². The molecule has 72 valence electrons. The molecule has 0 aliphatic rings. The maximum atomic E-state index is 13.1. The summed E-state index contributed by atoms with van der Waals surface area (Å²) >= 11 is 0. The van der Waals surface area contributed by atoms with Crippen LogP contribution in [0.15, 0.2) is 18.3 Å². The molecule has 0 fully saturated rings. The molecule has 0 spiro atoms. The highest BCUT2D eigenvalue weighted by Gasteiger charge is 2.09. The third-order valence-corrected chi connectivity index (χ3v) is 1.83. The highest BCUT2D eigenvalue weighted by Crippen LogP contribution is 2.25. The zero-order chi connectivity index (χ0) is 10.1. The van der Waals surface area contributed by atoms with Gasteiger partial charge in [-0.1, -0.05) is 0 Å². The van der Waals surface area contributed by atoms with Crippen LogP contribution in [0.5, 0.6) is 11.5 Å². The van der Waals surface area contributed by atoms with E-state index in [1.165, 1.54) is 25.4 Å². The minimum absolute atomic E-state index is 0.00981. The first-order chi connectivity index (χ1) is 6.72. The molecule has 0 radical (unpaired) electrons. The fourth-order valence-corrected chi connectivity index (χ4v) is 1.16. The quantitative estimate of drug-likeness (QED) is 0.698. The normalized spacial score (nSPS) is 10.4. The summed E-state index contributed by atoms with van der Waals surface area (Å²) in [6.07, 6.45) is 1.41. The van der Waals surface area contributed by atoms with E-state index < -0.39 is 5.95 Å². The third kappa shape index (κ3) is 1.22. The summed E-state index contributed by atoms with van der Waals surface area (Å²) in [4.78, 5) is 7.46. The van der Waals surface area contributed by atoms with Gasteiger partial charge in [-0.15, -0.1) is 0 Å². The van der Waals surface area contributed by atoms with Crippen molar-refractivity contribution in [3.8, 4) is 11.5 Å². The lowest BCUT2D eigenvalue weighted by Gasteiger charge is -2.03. The van der Waals surface area contributed by atoms with Gasteiger partial charge in [-0.25, -0.2) is 4.98 Å². The molecule has 14 heavy (non-hydrogen) atoms.